The van der Waals surface area contributed by atoms with Crippen molar-refractivity contribution in [3.8, 4) is 57.5 Å². The minimum absolute atomic E-state index is 0.115. The summed E-state index contributed by atoms with van der Waals surface area (Å²) in [6.45, 7) is 66.5. The number of ether oxygens (including phenoxy) is 5. The quantitative estimate of drug-likeness (QED) is 0.164. The molecule has 135 heavy (non-hydrogen) atoms. The lowest BCUT2D eigenvalue weighted by molar-refractivity contribution is 0.470. The van der Waals surface area contributed by atoms with E-state index in [2.05, 4.69) is 430 Å². The first-order valence-corrected chi connectivity index (χ1v) is 47.5. The van der Waals surface area contributed by atoms with E-state index in [4.69, 9.17) is 23.7 Å². The van der Waals surface area contributed by atoms with Gasteiger partial charge in [-0.2, -0.15) is 0 Å². The molecule has 12 nitrogen and oxygen atoms in total. The Morgan fingerprint density at radius 1 is 0.200 bits per heavy atom. The Morgan fingerprint density at radius 2 is 0.504 bits per heavy atom. The molecule has 7 heterocycles. The van der Waals surface area contributed by atoms with Crippen LogP contribution in [-0.4, -0.2) is 9.97 Å². The Bertz CT molecular complexity index is 6690. The molecule has 0 spiro atoms. The predicted molar refractivity (Wildman–Crippen MR) is 566 cm³/mol. The van der Waals surface area contributed by atoms with Crippen LogP contribution in [0.2, 0.25) is 0 Å². The van der Waals surface area contributed by atoms with Crippen LogP contribution in [0, 0.1) is 104 Å². The summed E-state index contributed by atoms with van der Waals surface area (Å²) in [5.74, 6) is 9.69. The summed E-state index contributed by atoms with van der Waals surface area (Å²) in [6.07, 6.45) is 5.49. The normalized spacial score (nSPS) is 13.0. The van der Waals surface area contributed by atoms with Gasteiger partial charge in [0.2, 0.25) is 0 Å². The van der Waals surface area contributed by atoms with Crippen molar-refractivity contribution < 1.29 is 23.7 Å². The summed E-state index contributed by atoms with van der Waals surface area (Å²) in [7, 11) is 0. The van der Waals surface area contributed by atoms with E-state index in [1.54, 1.807) is 6.20 Å². The molecular weight excluding hydrogens is 1660 g/mol. The highest BCUT2D eigenvalue weighted by molar-refractivity contribution is 5.95. The van der Waals surface area contributed by atoms with E-state index in [9.17, 15) is 0 Å². The molecule has 0 N–H and O–H groups in total. The van der Waals surface area contributed by atoms with Crippen molar-refractivity contribution in [1.29, 1.82) is 0 Å². The number of hydrogen-bond donors (Lipinski definition) is 0. The third-order valence-electron chi connectivity index (χ3n) is 26.3. The molecule has 0 saturated carbocycles. The van der Waals surface area contributed by atoms with Crippen LogP contribution in [0.5, 0.6) is 57.5 Å². The number of para-hydroxylation sites is 9. The van der Waals surface area contributed by atoms with Gasteiger partial charge in [-0.3, -0.25) is 9.88 Å². The maximum absolute atomic E-state index is 6.24. The van der Waals surface area contributed by atoms with Crippen LogP contribution in [0.1, 0.15) is 215 Å². The van der Waals surface area contributed by atoms with E-state index in [0.717, 1.165) is 126 Å². The van der Waals surface area contributed by atoms with Gasteiger partial charge in [-0.05, 0) is 333 Å². The van der Waals surface area contributed by atoms with Crippen LogP contribution in [0.3, 0.4) is 0 Å². The van der Waals surface area contributed by atoms with Crippen molar-refractivity contribution in [2.75, 3.05) is 24.5 Å². The zero-order valence-electron chi connectivity index (χ0n) is 85.0. The van der Waals surface area contributed by atoms with E-state index in [0.29, 0.717) is 0 Å². The molecular formula is C123H133N7O5. The van der Waals surface area contributed by atoms with Crippen molar-refractivity contribution in [2.45, 2.75) is 235 Å². The third-order valence-corrected chi connectivity index (χ3v) is 26.3. The molecule has 5 aliphatic heterocycles. The highest BCUT2D eigenvalue weighted by Crippen LogP contribution is 2.60. The van der Waals surface area contributed by atoms with Gasteiger partial charge < -0.3 is 43.3 Å². The Kier molecular flexibility index (Phi) is 25.5. The second-order valence-electron chi connectivity index (χ2n) is 42.5. The average Bonchev–Trinajstić information content (AvgIpc) is 0.759. The van der Waals surface area contributed by atoms with Gasteiger partial charge in [-0.25, -0.2) is 4.98 Å². The van der Waals surface area contributed by atoms with Crippen molar-refractivity contribution in [2.24, 2.45) is 0 Å². The number of hydrogen-bond acceptors (Lipinski definition) is 12. The lowest BCUT2D eigenvalue weighted by atomic mass is 9.84. The van der Waals surface area contributed by atoms with Crippen LogP contribution in [0.15, 0.2) is 261 Å². The highest BCUT2D eigenvalue weighted by atomic mass is 16.5. The fourth-order valence-electron chi connectivity index (χ4n) is 19.2. The Balaban J connectivity index is 0.000000123. The molecule has 0 unspecified atom stereocenters. The van der Waals surface area contributed by atoms with Gasteiger partial charge >= 0.3 is 0 Å². The van der Waals surface area contributed by atoms with E-state index in [1.165, 1.54) is 129 Å². The predicted octanol–water partition coefficient (Wildman–Crippen LogP) is 36.2. The first kappa shape index (κ1) is 94.4. The van der Waals surface area contributed by atoms with Gasteiger partial charge in [-0.15, -0.1) is 0 Å². The topological polar surface area (TPSA) is 88.1 Å². The maximum atomic E-state index is 6.24. The van der Waals surface area contributed by atoms with Crippen LogP contribution in [0.25, 0.3) is 0 Å². The van der Waals surface area contributed by atoms with Crippen LogP contribution >= 0.6 is 0 Å². The summed E-state index contributed by atoms with van der Waals surface area (Å²) < 4.78 is 31.1. The number of pyridine rings is 2. The lowest BCUT2D eigenvalue weighted by Gasteiger charge is -2.36. The van der Waals surface area contributed by atoms with Gasteiger partial charge in [0.25, 0.3) is 0 Å². The standard InChI is InChI=1S/3C25H27NO.2C24H26N2O/c1-16-10-9-13-22-24(16)26(20-11-7-8-12-21(20)27-22)23-17(2)14-19(15-18(23)3)25(4,5)6;1-16-11-12-23-21(13-16)26(20-9-7-8-10-22(20)27-23)24-17(2)14-19(15-18(24)3)25(4,5)6;1-16-11-12-21-23(13-16)27-22-10-8-7-9-20(22)26(21)24-17(2)14-19(15-18(24)3)25(4,5)6;1-15-9-7-10-19-22(15)27-20-11-8-12-25-23(20)26(19)21-16(2)13-18(14-17(21)3)24(4,5)6;1-15-8-7-9-19-23(15)27-21-10-11-25-14-20(21)26(19)22-16(2)12-18(13-17(22)3)24(4,5)6/h3*7-15H,1-6H3;2*7-14H,1-6H3. The molecule has 0 fully saturated rings. The lowest BCUT2D eigenvalue weighted by Crippen LogP contribution is -2.20. The second-order valence-corrected chi connectivity index (χ2v) is 42.5. The summed E-state index contributed by atoms with van der Waals surface area (Å²) in [5, 5.41) is 0. The first-order valence-electron chi connectivity index (χ1n) is 47.5. The first-order chi connectivity index (χ1) is 63.8. The molecule has 20 rings (SSSR count). The molecule has 0 radical (unpaired) electrons. The molecule has 2 aromatic heterocycles. The number of nitrogens with zero attached hydrogens (tertiary/aromatic N) is 7. The molecule has 5 aliphatic rings. The fraction of sp³-hybridized carbons (Fsp3) is 0.285. The number of fused-ring (bicyclic) bond motifs is 10. The van der Waals surface area contributed by atoms with Gasteiger partial charge in [0, 0.05) is 18.5 Å². The summed E-state index contributed by atoms with van der Waals surface area (Å²) in [6, 6.07) is 85.5. The highest BCUT2D eigenvalue weighted by Gasteiger charge is 2.37. The zero-order chi connectivity index (χ0) is 96.7. The molecule has 13 aromatic carbocycles. The van der Waals surface area contributed by atoms with Crippen molar-refractivity contribution in [3.63, 3.8) is 0 Å². The average molecular weight is 1790 g/mol. The van der Waals surface area contributed by atoms with E-state index < -0.39 is 0 Å². The molecule has 0 atom stereocenters. The molecule has 0 saturated heterocycles. The van der Waals surface area contributed by atoms with E-state index >= 15 is 0 Å². The fourth-order valence-corrected chi connectivity index (χ4v) is 19.2. The van der Waals surface area contributed by atoms with Gasteiger partial charge in [-0.1, -0.05) is 249 Å². The van der Waals surface area contributed by atoms with Crippen LogP contribution < -0.4 is 48.2 Å². The minimum Gasteiger partial charge on any atom is -0.453 e. The van der Waals surface area contributed by atoms with E-state index in [-0.39, 0.29) is 27.1 Å². The number of rotatable bonds is 5. The number of aryl methyl sites for hydroxylation is 15. The SMILES string of the molecule is Cc1cc(C(C)(C)C)cc(C)c1N1c2ccccc2Oc2cccc(C)c21.Cc1ccc2c(c1)N(c1c(C)cc(C(C)(C)C)cc1C)c1ccccc1O2.Cc1ccc2c(c1)Oc1ccccc1N2c1c(C)cc(C(C)(C)C)cc1C.Cc1cccc2c1Oc1cccnc1N2c1c(C)cc(C(C)(C)C)cc1C.Cc1cccc2c1Oc1ccncc1N2c1c(C)cc(C(C)(C)C)cc1C. The Labute approximate surface area is 803 Å². The maximum Gasteiger partial charge on any atom is 0.181 e. The molecule has 0 amide bonds. The monoisotopic (exact) mass is 1790 g/mol. The van der Waals surface area contributed by atoms with Gasteiger partial charge in [0.1, 0.15) is 5.69 Å². The van der Waals surface area contributed by atoms with Crippen molar-refractivity contribution in [3.05, 3.63) is 373 Å². The number of aromatic nitrogens is 2. The smallest absolute Gasteiger partial charge is 0.181 e. The minimum atomic E-state index is 0.115. The largest absolute Gasteiger partial charge is 0.453 e. The summed E-state index contributed by atoms with van der Waals surface area (Å²) in [5.41, 5.74) is 41.8. The number of benzene rings is 13. The molecule has 0 bridgehead atoms. The van der Waals surface area contributed by atoms with Gasteiger partial charge in [0.05, 0.1) is 80.1 Å². The number of anilines is 15. The Morgan fingerprint density at radius 3 is 0.948 bits per heavy atom. The summed E-state index contributed by atoms with van der Waals surface area (Å²) >= 11 is 0. The third kappa shape index (κ3) is 18.7. The zero-order valence-corrected chi connectivity index (χ0v) is 85.0. The molecule has 15 aromatic rings. The summed E-state index contributed by atoms with van der Waals surface area (Å²) in [4.78, 5) is 20.7. The molecule has 12 heteroatoms. The van der Waals surface area contributed by atoms with Crippen molar-refractivity contribution in [1.82, 2.24) is 9.97 Å². The van der Waals surface area contributed by atoms with Crippen LogP contribution in [0.4, 0.5) is 85.4 Å². The molecule has 0 aliphatic carbocycles. The van der Waals surface area contributed by atoms with Crippen molar-refractivity contribution >= 4 is 85.4 Å². The van der Waals surface area contributed by atoms with E-state index in [1.807, 2.05) is 67.0 Å². The van der Waals surface area contributed by atoms with Crippen LogP contribution in [-0.2, 0) is 27.1 Å². The second kappa shape index (κ2) is 36.5. The van der Waals surface area contributed by atoms with Gasteiger partial charge in [0.15, 0.2) is 63.3 Å². The molecule has 690 valence electrons. The Hall–Kier alpha value is -13.8.